The third kappa shape index (κ3) is 3.97. The van der Waals surface area contributed by atoms with Crippen LogP contribution in [0.3, 0.4) is 0 Å². The number of H-pyrrole nitrogens is 1. The maximum atomic E-state index is 4.26. The molecule has 2 atom stereocenters. The van der Waals surface area contributed by atoms with Crippen LogP contribution < -0.4 is 5.32 Å². The monoisotopic (exact) mass is 223 g/mol. The largest absolute Gasteiger partial charge is 0.311 e. The van der Waals surface area contributed by atoms with E-state index < -0.39 is 0 Å². The summed E-state index contributed by atoms with van der Waals surface area (Å²) in [6.45, 7) is 13.3. The van der Waals surface area contributed by atoms with Crippen LogP contribution in [0.4, 0.5) is 0 Å². The fourth-order valence-electron chi connectivity index (χ4n) is 1.63. The van der Waals surface area contributed by atoms with Crippen LogP contribution in [0.2, 0.25) is 0 Å². The third-order valence-electron chi connectivity index (χ3n) is 3.11. The molecule has 1 aromatic heterocycles. The molecule has 0 spiro atoms. The molecule has 0 bridgehead atoms. The molecule has 1 rings (SSSR count). The van der Waals surface area contributed by atoms with Crippen LogP contribution in [0.1, 0.15) is 46.0 Å². The zero-order valence-electron chi connectivity index (χ0n) is 11.4. The fourth-order valence-corrected chi connectivity index (χ4v) is 1.63. The van der Waals surface area contributed by atoms with E-state index in [1.165, 1.54) is 0 Å². The smallest absolute Gasteiger partial charge is 0.0640 e. The molecule has 1 heterocycles. The molecule has 92 valence electrons. The van der Waals surface area contributed by atoms with Gasteiger partial charge in [0.25, 0.3) is 0 Å². The molecule has 0 amide bonds. The van der Waals surface area contributed by atoms with Crippen molar-refractivity contribution in [2.75, 3.05) is 0 Å². The molecular formula is C13H25N3. The molecule has 3 nitrogen and oxygen atoms in total. The molecule has 0 aromatic carbocycles. The summed E-state index contributed by atoms with van der Waals surface area (Å²) in [7, 11) is 0. The third-order valence-corrected chi connectivity index (χ3v) is 3.11. The molecule has 0 aliphatic carbocycles. The van der Waals surface area contributed by atoms with E-state index >= 15 is 0 Å². The minimum absolute atomic E-state index is 0.301. The fraction of sp³-hybridized carbons (Fsp3) is 0.769. The van der Waals surface area contributed by atoms with Crippen molar-refractivity contribution in [3.8, 4) is 0 Å². The van der Waals surface area contributed by atoms with E-state index in [0.29, 0.717) is 17.5 Å². The first-order valence-electron chi connectivity index (χ1n) is 6.06. The molecule has 0 aliphatic heterocycles. The minimum atomic E-state index is 0.301. The Morgan fingerprint density at radius 3 is 2.44 bits per heavy atom. The summed E-state index contributed by atoms with van der Waals surface area (Å²) in [5.41, 5.74) is 2.57. The number of nitrogens with one attached hydrogen (secondary N) is 2. The number of rotatable bonds is 4. The SMILES string of the molecule is Cc1cc(CC(C)NC(C)C(C)(C)C)n[nH]1. The van der Waals surface area contributed by atoms with Crippen LogP contribution in [0.15, 0.2) is 6.07 Å². The Hall–Kier alpha value is -0.830. The number of aromatic nitrogens is 2. The van der Waals surface area contributed by atoms with Gasteiger partial charge in [-0.3, -0.25) is 5.10 Å². The first kappa shape index (κ1) is 13.2. The second-order valence-electron chi connectivity index (χ2n) is 5.90. The molecule has 0 saturated heterocycles. The number of hydrogen-bond acceptors (Lipinski definition) is 2. The van der Waals surface area contributed by atoms with E-state index in [4.69, 9.17) is 0 Å². The van der Waals surface area contributed by atoms with Crippen molar-refractivity contribution in [2.45, 2.75) is 60.0 Å². The lowest BCUT2D eigenvalue weighted by Crippen LogP contribution is -2.43. The van der Waals surface area contributed by atoms with Gasteiger partial charge in [0.15, 0.2) is 0 Å². The highest BCUT2D eigenvalue weighted by Crippen LogP contribution is 2.19. The minimum Gasteiger partial charge on any atom is -0.311 e. The van der Waals surface area contributed by atoms with Crippen molar-refractivity contribution in [3.05, 3.63) is 17.5 Å². The van der Waals surface area contributed by atoms with Crippen molar-refractivity contribution >= 4 is 0 Å². The highest BCUT2D eigenvalue weighted by Gasteiger charge is 2.21. The molecule has 2 N–H and O–H groups in total. The van der Waals surface area contributed by atoms with E-state index in [9.17, 15) is 0 Å². The van der Waals surface area contributed by atoms with Gasteiger partial charge in [-0.15, -0.1) is 0 Å². The highest BCUT2D eigenvalue weighted by molar-refractivity contribution is 5.08. The van der Waals surface area contributed by atoms with E-state index in [0.717, 1.165) is 17.8 Å². The molecule has 3 heteroatoms. The summed E-state index contributed by atoms with van der Waals surface area (Å²) < 4.78 is 0. The van der Waals surface area contributed by atoms with Gasteiger partial charge in [-0.1, -0.05) is 20.8 Å². The Kier molecular flexibility index (Phi) is 4.14. The van der Waals surface area contributed by atoms with Gasteiger partial charge in [-0.2, -0.15) is 5.10 Å². The lowest BCUT2D eigenvalue weighted by molar-refractivity contribution is 0.266. The van der Waals surface area contributed by atoms with Gasteiger partial charge in [0.1, 0.15) is 0 Å². The van der Waals surface area contributed by atoms with Gasteiger partial charge in [0, 0.05) is 24.2 Å². The Balaban J connectivity index is 2.45. The van der Waals surface area contributed by atoms with Crippen LogP contribution in [0.25, 0.3) is 0 Å². The Labute approximate surface area is 99.0 Å². The average molecular weight is 223 g/mol. The highest BCUT2D eigenvalue weighted by atomic mass is 15.1. The van der Waals surface area contributed by atoms with Crippen LogP contribution in [0.5, 0.6) is 0 Å². The zero-order chi connectivity index (χ0) is 12.3. The topological polar surface area (TPSA) is 40.7 Å². The lowest BCUT2D eigenvalue weighted by Gasteiger charge is -2.31. The van der Waals surface area contributed by atoms with Gasteiger partial charge in [-0.25, -0.2) is 0 Å². The molecule has 2 unspecified atom stereocenters. The standard InChI is InChI=1S/C13H25N3/c1-9(14-11(3)13(4,5)6)7-12-8-10(2)15-16-12/h8-9,11,14H,7H2,1-6H3,(H,15,16). The molecule has 0 saturated carbocycles. The maximum Gasteiger partial charge on any atom is 0.0640 e. The van der Waals surface area contributed by atoms with E-state index in [2.05, 4.69) is 56.2 Å². The number of aryl methyl sites for hydroxylation is 1. The summed E-state index contributed by atoms with van der Waals surface area (Å²) in [6.07, 6.45) is 0.977. The summed E-state index contributed by atoms with van der Waals surface area (Å²) in [5.74, 6) is 0. The zero-order valence-corrected chi connectivity index (χ0v) is 11.4. The molecular weight excluding hydrogens is 198 g/mol. The first-order valence-corrected chi connectivity index (χ1v) is 6.06. The molecule has 0 radical (unpaired) electrons. The van der Waals surface area contributed by atoms with Crippen LogP contribution >= 0.6 is 0 Å². The quantitative estimate of drug-likeness (QED) is 0.824. The van der Waals surface area contributed by atoms with Gasteiger partial charge in [0.05, 0.1) is 5.69 Å². The number of hydrogen-bond donors (Lipinski definition) is 2. The van der Waals surface area contributed by atoms with Gasteiger partial charge in [-0.05, 0) is 32.3 Å². The predicted molar refractivity (Wildman–Crippen MR) is 68.5 cm³/mol. The summed E-state index contributed by atoms with van der Waals surface area (Å²) in [5, 5.41) is 10.9. The van der Waals surface area contributed by atoms with Crippen molar-refractivity contribution < 1.29 is 0 Å². The summed E-state index contributed by atoms with van der Waals surface area (Å²) in [4.78, 5) is 0. The lowest BCUT2D eigenvalue weighted by atomic mass is 9.87. The average Bonchev–Trinajstić information content (AvgIpc) is 2.49. The van der Waals surface area contributed by atoms with Crippen molar-refractivity contribution in [1.82, 2.24) is 15.5 Å². The second kappa shape index (κ2) is 5.00. The van der Waals surface area contributed by atoms with E-state index in [-0.39, 0.29) is 0 Å². The molecule has 1 aromatic rings. The van der Waals surface area contributed by atoms with E-state index in [1.807, 2.05) is 6.92 Å². The van der Waals surface area contributed by atoms with E-state index in [1.54, 1.807) is 0 Å². The predicted octanol–water partition coefficient (Wildman–Crippen LogP) is 2.67. The number of aromatic amines is 1. The van der Waals surface area contributed by atoms with Crippen molar-refractivity contribution in [1.29, 1.82) is 0 Å². The summed E-state index contributed by atoms with van der Waals surface area (Å²) >= 11 is 0. The Bertz CT molecular complexity index is 322. The summed E-state index contributed by atoms with van der Waals surface area (Å²) in [6, 6.07) is 3.07. The first-order chi connectivity index (χ1) is 7.29. The molecule has 16 heavy (non-hydrogen) atoms. The van der Waals surface area contributed by atoms with Crippen LogP contribution in [-0.2, 0) is 6.42 Å². The molecule has 0 aliphatic rings. The van der Waals surface area contributed by atoms with Gasteiger partial charge >= 0.3 is 0 Å². The van der Waals surface area contributed by atoms with Gasteiger partial charge < -0.3 is 5.32 Å². The Morgan fingerprint density at radius 1 is 1.38 bits per heavy atom. The van der Waals surface area contributed by atoms with Gasteiger partial charge in [0.2, 0.25) is 0 Å². The van der Waals surface area contributed by atoms with Crippen molar-refractivity contribution in [3.63, 3.8) is 0 Å². The van der Waals surface area contributed by atoms with Crippen LogP contribution in [0, 0.1) is 12.3 Å². The number of nitrogens with zero attached hydrogens (tertiary/aromatic N) is 1. The van der Waals surface area contributed by atoms with Crippen molar-refractivity contribution in [2.24, 2.45) is 5.41 Å². The Morgan fingerprint density at radius 2 is 2.00 bits per heavy atom. The second-order valence-corrected chi connectivity index (χ2v) is 5.90. The normalized spacial score (nSPS) is 16.1. The maximum absolute atomic E-state index is 4.26. The van der Waals surface area contributed by atoms with Crippen LogP contribution in [-0.4, -0.2) is 22.3 Å². The molecule has 0 fully saturated rings.